The molecule has 0 amide bonds. The predicted octanol–water partition coefficient (Wildman–Crippen LogP) is 3.06. The highest BCUT2D eigenvalue weighted by molar-refractivity contribution is 7.99. The number of carboxylic acid groups (broad SMARTS) is 1. The van der Waals surface area contributed by atoms with Gasteiger partial charge < -0.3 is 14.6 Å². The van der Waals surface area contributed by atoms with Crippen molar-refractivity contribution in [2.24, 2.45) is 0 Å². The van der Waals surface area contributed by atoms with Crippen LogP contribution in [0.3, 0.4) is 0 Å². The van der Waals surface area contributed by atoms with Crippen LogP contribution in [0.1, 0.15) is 20.3 Å². The summed E-state index contributed by atoms with van der Waals surface area (Å²) in [6, 6.07) is 7.49. The molecule has 1 N–H and O–H groups in total. The number of hydrogen-bond donors (Lipinski definition) is 1. The van der Waals surface area contributed by atoms with Gasteiger partial charge in [0.1, 0.15) is 11.5 Å². The molecule has 19 heavy (non-hydrogen) atoms. The Kier molecular flexibility index (Phi) is 7.18. The van der Waals surface area contributed by atoms with Gasteiger partial charge in [0, 0.05) is 11.0 Å². The van der Waals surface area contributed by atoms with E-state index >= 15 is 0 Å². The molecule has 106 valence electrons. The van der Waals surface area contributed by atoms with Gasteiger partial charge in [-0.25, -0.2) is 0 Å². The second-order valence-electron chi connectivity index (χ2n) is 4.03. The zero-order valence-electron chi connectivity index (χ0n) is 11.3. The van der Waals surface area contributed by atoms with Gasteiger partial charge >= 0.3 is 5.97 Å². The van der Waals surface area contributed by atoms with Crippen LogP contribution in [0, 0.1) is 0 Å². The first-order valence-corrected chi connectivity index (χ1v) is 7.35. The summed E-state index contributed by atoms with van der Waals surface area (Å²) < 4.78 is 10.9. The minimum Gasteiger partial charge on any atom is -0.494 e. The lowest BCUT2D eigenvalue weighted by atomic mass is 10.3. The molecule has 0 aliphatic carbocycles. The molecule has 0 radical (unpaired) electrons. The molecule has 0 saturated carbocycles. The van der Waals surface area contributed by atoms with E-state index in [1.54, 1.807) is 11.8 Å². The average Bonchev–Trinajstić information content (AvgIpc) is 2.36. The topological polar surface area (TPSA) is 55.8 Å². The Labute approximate surface area is 118 Å². The average molecular weight is 284 g/mol. The smallest absolute Gasteiger partial charge is 0.304 e. The number of rotatable bonds is 9. The molecule has 4 nitrogen and oxygen atoms in total. The van der Waals surface area contributed by atoms with Gasteiger partial charge in [-0.3, -0.25) is 4.79 Å². The fourth-order valence-corrected chi connectivity index (χ4v) is 2.35. The summed E-state index contributed by atoms with van der Waals surface area (Å²) >= 11 is 1.60. The van der Waals surface area contributed by atoms with E-state index in [4.69, 9.17) is 14.6 Å². The van der Waals surface area contributed by atoms with Gasteiger partial charge in [0.25, 0.3) is 0 Å². The first-order valence-electron chi connectivity index (χ1n) is 6.31. The summed E-state index contributed by atoms with van der Waals surface area (Å²) in [5.74, 6) is 1.66. The zero-order valence-corrected chi connectivity index (χ0v) is 12.1. The Morgan fingerprint density at radius 1 is 1.26 bits per heavy atom. The Bertz CT molecular complexity index is 378. The molecule has 0 aromatic heterocycles. The molecule has 0 bridgehead atoms. The van der Waals surface area contributed by atoms with Gasteiger partial charge in [0.2, 0.25) is 0 Å². The Balaban J connectivity index is 2.20. The van der Waals surface area contributed by atoms with E-state index in [-0.39, 0.29) is 11.7 Å². The molecule has 1 aromatic carbocycles. The Hall–Kier alpha value is -1.36. The molecule has 0 saturated heterocycles. The second kappa shape index (κ2) is 8.69. The van der Waals surface area contributed by atoms with E-state index in [9.17, 15) is 4.79 Å². The van der Waals surface area contributed by atoms with Crippen molar-refractivity contribution in [3.8, 4) is 11.5 Å². The number of hydrogen-bond acceptors (Lipinski definition) is 4. The molecule has 0 spiro atoms. The summed E-state index contributed by atoms with van der Waals surface area (Å²) in [5.41, 5.74) is 0. The van der Waals surface area contributed by atoms with Gasteiger partial charge in [0.15, 0.2) is 0 Å². The lowest BCUT2D eigenvalue weighted by Crippen LogP contribution is -2.09. The highest BCUT2D eigenvalue weighted by Gasteiger charge is 2.07. The van der Waals surface area contributed by atoms with Crippen LogP contribution in [0.15, 0.2) is 24.3 Å². The molecule has 0 aliphatic rings. The molecular weight excluding hydrogens is 264 g/mol. The number of thioether (sulfide) groups is 1. The van der Waals surface area contributed by atoms with E-state index < -0.39 is 5.97 Å². The summed E-state index contributed by atoms with van der Waals surface area (Å²) in [5, 5.41) is 8.74. The SMILES string of the molecule is CCOc1ccc(OCCSC(C)CC(=O)O)cc1. The first kappa shape index (κ1) is 15.7. The summed E-state index contributed by atoms with van der Waals surface area (Å²) in [7, 11) is 0. The molecular formula is C14H20O4S. The fraction of sp³-hybridized carbons (Fsp3) is 0.500. The summed E-state index contributed by atoms with van der Waals surface area (Å²) in [6.07, 6.45) is 0.188. The second-order valence-corrected chi connectivity index (χ2v) is 5.58. The molecule has 0 aliphatic heterocycles. The van der Waals surface area contributed by atoms with Gasteiger partial charge in [-0.15, -0.1) is 0 Å². The van der Waals surface area contributed by atoms with E-state index in [0.29, 0.717) is 13.2 Å². The van der Waals surface area contributed by atoms with Crippen LogP contribution in [0.2, 0.25) is 0 Å². The van der Waals surface area contributed by atoms with Crippen molar-refractivity contribution in [2.45, 2.75) is 25.5 Å². The van der Waals surface area contributed by atoms with Crippen LogP contribution in [0.5, 0.6) is 11.5 Å². The molecule has 0 fully saturated rings. The van der Waals surface area contributed by atoms with E-state index in [1.165, 1.54) is 0 Å². The number of benzene rings is 1. The number of aliphatic carboxylic acids is 1. The highest BCUT2D eigenvalue weighted by atomic mass is 32.2. The number of ether oxygens (including phenoxy) is 2. The highest BCUT2D eigenvalue weighted by Crippen LogP contribution is 2.18. The van der Waals surface area contributed by atoms with E-state index in [0.717, 1.165) is 17.3 Å². The summed E-state index contributed by atoms with van der Waals surface area (Å²) in [4.78, 5) is 10.5. The van der Waals surface area contributed by atoms with Gasteiger partial charge in [-0.2, -0.15) is 11.8 Å². The van der Waals surface area contributed by atoms with Crippen molar-refractivity contribution < 1.29 is 19.4 Å². The van der Waals surface area contributed by atoms with Crippen LogP contribution in [-0.2, 0) is 4.79 Å². The largest absolute Gasteiger partial charge is 0.494 e. The lowest BCUT2D eigenvalue weighted by molar-refractivity contribution is -0.136. The third kappa shape index (κ3) is 6.96. The zero-order chi connectivity index (χ0) is 14.1. The third-order valence-electron chi connectivity index (χ3n) is 2.35. The monoisotopic (exact) mass is 284 g/mol. The minimum atomic E-state index is -0.757. The van der Waals surface area contributed by atoms with Gasteiger partial charge in [-0.05, 0) is 31.2 Å². The van der Waals surface area contributed by atoms with Crippen LogP contribution in [-0.4, -0.2) is 35.3 Å². The third-order valence-corrected chi connectivity index (χ3v) is 3.49. The van der Waals surface area contributed by atoms with Gasteiger partial charge in [0.05, 0.1) is 19.6 Å². The standard InChI is InChI=1S/C14H20O4S/c1-3-17-12-4-6-13(7-5-12)18-8-9-19-11(2)10-14(15)16/h4-7,11H,3,8-10H2,1-2H3,(H,15,16). The predicted molar refractivity (Wildman–Crippen MR) is 77.3 cm³/mol. The van der Waals surface area contributed by atoms with Crippen molar-refractivity contribution in [1.82, 2.24) is 0 Å². The molecule has 1 unspecified atom stereocenters. The Morgan fingerprint density at radius 3 is 2.37 bits per heavy atom. The Morgan fingerprint density at radius 2 is 1.84 bits per heavy atom. The van der Waals surface area contributed by atoms with Crippen molar-refractivity contribution in [1.29, 1.82) is 0 Å². The molecule has 5 heteroatoms. The molecule has 1 rings (SSSR count). The van der Waals surface area contributed by atoms with Crippen molar-refractivity contribution in [3.05, 3.63) is 24.3 Å². The van der Waals surface area contributed by atoms with Crippen molar-refractivity contribution in [3.63, 3.8) is 0 Å². The van der Waals surface area contributed by atoms with Crippen LogP contribution in [0.25, 0.3) is 0 Å². The maximum Gasteiger partial charge on any atom is 0.304 e. The normalized spacial score (nSPS) is 11.9. The van der Waals surface area contributed by atoms with E-state index in [1.807, 2.05) is 38.1 Å². The van der Waals surface area contributed by atoms with Crippen LogP contribution >= 0.6 is 11.8 Å². The summed E-state index contributed by atoms with van der Waals surface area (Å²) in [6.45, 7) is 5.08. The molecule has 0 heterocycles. The van der Waals surface area contributed by atoms with E-state index in [2.05, 4.69) is 0 Å². The lowest BCUT2D eigenvalue weighted by Gasteiger charge is -2.10. The van der Waals surface area contributed by atoms with Crippen LogP contribution < -0.4 is 9.47 Å². The van der Waals surface area contributed by atoms with Crippen molar-refractivity contribution >= 4 is 17.7 Å². The first-order chi connectivity index (χ1) is 9.11. The minimum absolute atomic E-state index is 0.112. The maximum absolute atomic E-state index is 10.5. The number of carboxylic acids is 1. The van der Waals surface area contributed by atoms with Gasteiger partial charge in [-0.1, -0.05) is 6.92 Å². The van der Waals surface area contributed by atoms with Crippen LogP contribution in [0.4, 0.5) is 0 Å². The molecule has 1 atom stereocenters. The quantitative estimate of drug-likeness (QED) is 0.706. The number of carbonyl (C=O) groups is 1. The maximum atomic E-state index is 10.5. The fourth-order valence-electron chi connectivity index (χ4n) is 1.51. The van der Waals surface area contributed by atoms with Crippen molar-refractivity contribution in [2.75, 3.05) is 19.0 Å². The molecule has 1 aromatic rings.